The highest BCUT2D eigenvalue weighted by atomic mass is 16.5. The second-order valence-electron chi connectivity index (χ2n) is 5.59. The van der Waals surface area contributed by atoms with E-state index in [1.165, 1.54) is 0 Å². The van der Waals surface area contributed by atoms with E-state index in [1.54, 1.807) is 0 Å². The van der Waals surface area contributed by atoms with E-state index in [4.69, 9.17) is 4.74 Å². The standard InChI is InChI=1S/C13H24N2O3/c1-9(2)18-8-10(16)7-15-5-3-4-11-12(15)6-14-13(11)17/h9-12,16H,3-8H2,1-2H3,(H,14,17). The molecule has 3 unspecified atom stereocenters. The minimum absolute atomic E-state index is 0.122. The Labute approximate surface area is 108 Å². The molecule has 0 spiro atoms. The average Bonchev–Trinajstić information content (AvgIpc) is 2.70. The average molecular weight is 256 g/mol. The van der Waals surface area contributed by atoms with Crippen molar-refractivity contribution in [1.82, 2.24) is 10.2 Å². The fourth-order valence-electron chi connectivity index (χ4n) is 2.89. The number of likely N-dealkylation sites (tertiary alicyclic amines) is 1. The Bertz CT molecular complexity index is 296. The lowest BCUT2D eigenvalue weighted by atomic mass is 9.91. The molecule has 2 aliphatic heterocycles. The van der Waals surface area contributed by atoms with Crippen LogP contribution in [0.3, 0.4) is 0 Å². The zero-order valence-corrected chi connectivity index (χ0v) is 11.3. The molecule has 104 valence electrons. The summed E-state index contributed by atoms with van der Waals surface area (Å²) in [7, 11) is 0. The van der Waals surface area contributed by atoms with Gasteiger partial charge in [0.15, 0.2) is 0 Å². The Morgan fingerprint density at radius 3 is 3.06 bits per heavy atom. The molecule has 2 saturated heterocycles. The molecule has 3 atom stereocenters. The number of rotatable bonds is 5. The summed E-state index contributed by atoms with van der Waals surface area (Å²) in [5.74, 6) is 0.301. The summed E-state index contributed by atoms with van der Waals surface area (Å²) in [6.07, 6.45) is 1.68. The van der Waals surface area contributed by atoms with Crippen LogP contribution in [-0.2, 0) is 9.53 Å². The van der Waals surface area contributed by atoms with Crippen LogP contribution in [-0.4, -0.2) is 60.4 Å². The van der Waals surface area contributed by atoms with Gasteiger partial charge in [0.25, 0.3) is 0 Å². The molecule has 0 aromatic rings. The van der Waals surface area contributed by atoms with Crippen LogP contribution in [0.4, 0.5) is 0 Å². The Balaban J connectivity index is 1.83. The van der Waals surface area contributed by atoms with Gasteiger partial charge in [0.2, 0.25) is 5.91 Å². The predicted octanol–water partition coefficient (Wildman–Crippen LogP) is -0.0173. The van der Waals surface area contributed by atoms with Crippen LogP contribution in [0.1, 0.15) is 26.7 Å². The van der Waals surface area contributed by atoms with E-state index in [2.05, 4.69) is 10.2 Å². The number of nitrogens with one attached hydrogen (secondary N) is 1. The number of ether oxygens (including phenoxy) is 1. The highest BCUT2D eigenvalue weighted by Gasteiger charge is 2.40. The van der Waals surface area contributed by atoms with E-state index < -0.39 is 6.10 Å². The number of β-amino-alcohol motifs (C(OH)–C–C–N with tert-alkyl or cyclic N) is 1. The summed E-state index contributed by atoms with van der Waals surface area (Å²) < 4.78 is 5.42. The molecule has 5 nitrogen and oxygen atoms in total. The van der Waals surface area contributed by atoms with Gasteiger partial charge < -0.3 is 15.2 Å². The monoisotopic (exact) mass is 256 g/mol. The Kier molecular flexibility index (Phi) is 4.59. The number of aliphatic hydroxyl groups excluding tert-OH is 1. The van der Waals surface area contributed by atoms with Crippen LogP contribution in [0.5, 0.6) is 0 Å². The van der Waals surface area contributed by atoms with Gasteiger partial charge in [0, 0.05) is 19.1 Å². The topological polar surface area (TPSA) is 61.8 Å². The van der Waals surface area contributed by atoms with E-state index in [9.17, 15) is 9.90 Å². The Morgan fingerprint density at radius 2 is 2.33 bits per heavy atom. The van der Waals surface area contributed by atoms with Crippen LogP contribution in [0, 0.1) is 5.92 Å². The molecule has 0 radical (unpaired) electrons. The van der Waals surface area contributed by atoms with E-state index in [0.29, 0.717) is 13.2 Å². The van der Waals surface area contributed by atoms with E-state index >= 15 is 0 Å². The number of amides is 1. The van der Waals surface area contributed by atoms with Gasteiger partial charge in [0.1, 0.15) is 0 Å². The molecule has 0 bridgehead atoms. The molecule has 2 rings (SSSR count). The molecule has 18 heavy (non-hydrogen) atoms. The first kappa shape index (κ1) is 13.8. The lowest BCUT2D eigenvalue weighted by molar-refractivity contribution is -0.124. The first-order chi connectivity index (χ1) is 8.58. The van der Waals surface area contributed by atoms with Crippen molar-refractivity contribution in [2.75, 3.05) is 26.2 Å². The molecular weight excluding hydrogens is 232 g/mol. The highest BCUT2D eigenvalue weighted by molar-refractivity contribution is 5.82. The molecule has 0 aliphatic carbocycles. The summed E-state index contributed by atoms with van der Waals surface area (Å²) in [5.41, 5.74) is 0. The predicted molar refractivity (Wildman–Crippen MR) is 68.2 cm³/mol. The Hall–Kier alpha value is -0.650. The molecule has 1 amide bonds. The molecule has 2 N–H and O–H groups in total. The number of aliphatic hydroxyl groups is 1. The van der Waals surface area contributed by atoms with Crippen molar-refractivity contribution in [2.45, 2.75) is 44.9 Å². The maximum absolute atomic E-state index is 11.6. The van der Waals surface area contributed by atoms with Crippen LogP contribution in [0.2, 0.25) is 0 Å². The lowest BCUT2D eigenvalue weighted by Gasteiger charge is -2.37. The number of nitrogens with zero attached hydrogens (tertiary/aromatic N) is 1. The molecule has 0 aromatic heterocycles. The van der Waals surface area contributed by atoms with Crippen molar-refractivity contribution in [1.29, 1.82) is 0 Å². The third-order valence-corrected chi connectivity index (χ3v) is 3.78. The first-order valence-corrected chi connectivity index (χ1v) is 6.89. The smallest absolute Gasteiger partial charge is 0.224 e. The number of hydrogen-bond donors (Lipinski definition) is 2. The summed E-state index contributed by atoms with van der Waals surface area (Å²) in [5, 5.41) is 12.9. The second-order valence-corrected chi connectivity index (χ2v) is 5.59. The highest BCUT2D eigenvalue weighted by Crippen LogP contribution is 2.27. The number of carbonyl (C=O) groups excluding carboxylic acids is 1. The van der Waals surface area contributed by atoms with Crippen molar-refractivity contribution >= 4 is 5.91 Å². The van der Waals surface area contributed by atoms with Gasteiger partial charge in [-0.1, -0.05) is 0 Å². The molecule has 0 saturated carbocycles. The SMILES string of the molecule is CC(C)OCC(O)CN1CCCC2C(=O)NCC21. The molecule has 2 fully saturated rings. The molecule has 0 aromatic carbocycles. The van der Waals surface area contributed by atoms with Crippen LogP contribution >= 0.6 is 0 Å². The van der Waals surface area contributed by atoms with Gasteiger partial charge in [-0.05, 0) is 33.2 Å². The van der Waals surface area contributed by atoms with E-state index in [0.717, 1.165) is 25.9 Å². The largest absolute Gasteiger partial charge is 0.389 e. The lowest BCUT2D eigenvalue weighted by Crippen LogP contribution is -2.49. The van der Waals surface area contributed by atoms with Crippen molar-refractivity contribution in [3.05, 3.63) is 0 Å². The molecule has 2 aliphatic rings. The fourth-order valence-corrected chi connectivity index (χ4v) is 2.89. The zero-order chi connectivity index (χ0) is 13.1. The first-order valence-electron chi connectivity index (χ1n) is 6.89. The third kappa shape index (κ3) is 3.22. The van der Waals surface area contributed by atoms with Crippen LogP contribution in [0.15, 0.2) is 0 Å². The maximum atomic E-state index is 11.6. The minimum atomic E-state index is -0.471. The number of piperidine rings is 1. The van der Waals surface area contributed by atoms with Crippen LogP contribution in [0.25, 0.3) is 0 Å². The molecule has 5 heteroatoms. The summed E-state index contributed by atoms with van der Waals surface area (Å²) in [4.78, 5) is 13.9. The van der Waals surface area contributed by atoms with Gasteiger partial charge >= 0.3 is 0 Å². The quantitative estimate of drug-likeness (QED) is 0.726. The van der Waals surface area contributed by atoms with Gasteiger partial charge in [-0.3, -0.25) is 9.69 Å². The summed E-state index contributed by atoms with van der Waals surface area (Å²) in [6.45, 7) is 6.58. The van der Waals surface area contributed by atoms with Crippen molar-refractivity contribution < 1.29 is 14.6 Å². The van der Waals surface area contributed by atoms with E-state index in [-0.39, 0.29) is 24.0 Å². The summed E-state index contributed by atoms with van der Waals surface area (Å²) in [6, 6.07) is 0.264. The fraction of sp³-hybridized carbons (Fsp3) is 0.923. The number of fused-ring (bicyclic) bond motifs is 1. The maximum Gasteiger partial charge on any atom is 0.224 e. The van der Waals surface area contributed by atoms with Crippen molar-refractivity contribution in [3.63, 3.8) is 0 Å². The molecular formula is C13H24N2O3. The number of carbonyl (C=O) groups is 1. The van der Waals surface area contributed by atoms with Crippen LogP contribution < -0.4 is 5.32 Å². The Morgan fingerprint density at radius 1 is 1.56 bits per heavy atom. The van der Waals surface area contributed by atoms with Crippen molar-refractivity contribution in [2.24, 2.45) is 5.92 Å². The number of hydrogen-bond acceptors (Lipinski definition) is 4. The second kappa shape index (κ2) is 5.99. The normalized spacial score (nSPS) is 30.3. The van der Waals surface area contributed by atoms with Gasteiger partial charge in [-0.15, -0.1) is 0 Å². The van der Waals surface area contributed by atoms with Gasteiger partial charge in [-0.2, -0.15) is 0 Å². The van der Waals surface area contributed by atoms with E-state index in [1.807, 2.05) is 13.8 Å². The van der Waals surface area contributed by atoms with Gasteiger partial charge in [0.05, 0.1) is 24.7 Å². The van der Waals surface area contributed by atoms with Crippen molar-refractivity contribution in [3.8, 4) is 0 Å². The van der Waals surface area contributed by atoms with Gasteiger partial charge in [-0.25, -0.2) is 0 Å². The summed E-state index contributed by atoms with van der Waals surface area (Å²) >= 11 is 0. The minimum Gasteiger partial charge on any atom is -0.389 e. The third-order valence-electron chi connectivity index (χ3n) is 3.78. The zero-order valence-electron chi connectivity index (χ0n) is 11.3. The molecule has 2 heterocycles.